The van der Waals surface area contributed by atoms with E-state index in [1.807, 2.05) is 11.4 Å². The maximum Gasteiger partial charge on any atom is 0.223 e. The fourth-order valence-electron chi connectivity index (χ4n) is 1.92. The molecule has 0 fully saturated rings. The highest BCUT2D eigenvalue weighted by atomic mass is 35.5. The number of hydrogen-bond acceptors (Lipinski definition) is 5. The van der Waals surface area contributed by atoms with Crippen LogP contribution in [0.25, 0.3) is 0 Å². The maximum atomic E-state index is 6.15. The Bertz CT molecular complexity index is 629. The van der Waals surface area contributed by atoms with Crippen molar-refractivity contribution in [3.05, 3.63) is 50.6 Å². The van der Waals surface area contributed by atoms with Crippen LogP contribution in [-0.2, 0) is 11.4 Å². The second-order valence-electron chi connectivity index (χ2n) is 4.43. The van der Waals surface area contributed by atoms with Crippen LogP contribution in [0.3, 0.4) is 0 Å². The van der Waals surface area contributed by atoms with Crippen LogP contribution in [0.2, 0.25) is 10.0 Å². The molecule has 0 amide bonds. The summed E-state index contributed by atoms with van der Waals surface area (Å²) in [6, 6.07) is 7.40. The van der Waals surface area contributed by atoms with Crippen molar-refractivity contribution in [1.82, 2.24) is 5.06 Å². The molecule has 2 aromatic rings. The number of halogens is 3. The number of aliphatic imine (C=N–C) groups is 1. The van der Waals surface area contributed by atoms with Gasteiger partial charge in [-0.1, -0.05) is 29.3 Å². The Morgan fingerprint density at radius 3 is 2.73 bits per heavy atom. The molecule has 0 saturated heterocycles. The lowest BCUT2D eigenvalue weighted by molar-refractivity contribution is -0.103. The summed E-state index contributed by atoms with van der Waals surface area (Å²) >= 11 is 14.0. The number of nitrogens with zero attached hydrogens (tertiary/aromatic N) is 2. The van der Waals surface area contributed by atoms with E-state index in [0.717, 1.165) is 5.56 Å². The van der Waals surface area contributed by atoms with Gasteiger partial charge in [-0.05, 0) is 34.5 Å². The lowest BCUT2D eigenvalue weighted by atomic mass is 10.3. The van der Waals surface area contributed by atoms with E-state index in [0.29, 0.717) is 41.4 Å². The SMILES string of the molecule is Cl.Clc1cccc(Cl)c1NC1=NCCN1OCc1ccsc1. The zero-order valence-corrected chi connectivity index (χ0v) is 14.6. The van der Waals surface area contributed by atoms with Gasteiger partial charge in [0.1, 0.15) is 6.61 Å². The highest BCUT2D eigenvalue weighted by Gasteiger charge is 2.20. The van der Waals surface area contributed by atoms with Gasteiger partial charge in [0.2, 0.25) is 5.96 Å². The molecular formula is C14H14Cl3N3OS. The smallest absolute Gasteiger partial charge is 0.223 e. The lowest BCUT2D eigenvalue weighted by Gasteiger charge is -2.21. The standard InChI is InChI=1S/C14H13Cl2N3OS.ClH/c15-11-2-1-3-12(16)13(11)18-14-17-5-6-19(14)20-8-10-4-7-21-9-10;/h1-4,7,9H,5-6,8H2,(H,17,18);1H. The average molecular weight is 379 g/mol. The van der Waals surface area contributed by atoms with Crippen molar-refractivity contribution in [3.63, 3.8) is 0 Å². The monoisotopic (exact) mass is 377 g/mol. The van der Waals surface area contributed by atoms with Gasteiger partial charge in [0, 0.05) is 0 Å². The molecule has 2 heterocycles. The van der Waals surface area contributed by atoms with Gasteiger partial charge >= 0.3 is 0 Å². The molecule has 0 aliphatic carbocycles. The van der Waals surface area contributed by atoms with Gasteiger partial charge in [-0.15, -0.1) is 12.4 Å². The molecule has 0 radical (unpaired) electrons. The molecule has 0 unspecified atom stereocenters. The number of para-hydroxylation sites is 1. The first-order valence-corrected chi connectivity index (χ1v) is 8.11. The fraction of sp³-hybridized carbons (Fsp3) is 0.214. The highest BCUT2D eigenvalue weighted by Crippen LogP contribution is 2.30. The minimum Gasteiger partial charge on any atom is -0.322 e. The topological polar surface area (TPSA) is 36.9 Å². The van der Waals surface area contributed by atoms with Gasteiger partial charge in [0.15, 0.2) is 0 Å². The predicted molar refractivity (Wildman–Crippen MR) is 95.4 cm³/mol. The molecule has 1 aliphatic rings. The van der Waals surface area contributed by atoms with Crippen LogP contribution in [0.15, 0.2) is 40.0 Å². The van der Waals surface area contributed by atoms with Crippen LogP contribution in [0, 0.1) is 0 Å². The summed E-state index contributed by atoms with van der Waals surface area (Å²) in [5, 5.41) is 10.1. The van der Waals surface area contributed by atoms with Crippen LogP contribution < -0.4 is 5.32 Å². The Labute approximate surface area is 149 Å². The van der Waals surface area contributed by atoms with Crippen LogP contribution >= 0.6 is 46.9 Å². The third-order valence-electron chi connectivity index (χ3n) is 2.97. The van der Waals surface area contributed by atoms with E-state index in [2.05, 4.69) is 15.7 Å². The molecule has 1 aromatic heterocycles. The minimum atomic E-state index is 0. The third kappa shape index (κ3) is 4.06. The van der Waals surface area contributed by atoms with E-state index in [-0.39, 0.29) is 12.4 Å². The van der Waals surface area contributed by atoms with Crippen LogP contribution in [-0.4, -0.2) is 24.1 Å². The predicted octanol–water partition coefficient (Wildman–Crippen LogP) is 4.69. The first-order valence-electron chi connectivity index (χ1n) is 6.41. The first kappa shape index (κ1) is 17.4. The Morgan fingerprint density at radius 1 is 1.27 bits per heavy atom. The molecule has 0 bridgehead atoms. The summed E-state index contributed by atoms with van der Waals surface area (Å²) < 4.78 is 0. The molecule has 118 valence electrons. The van der Waals surface area contributed by atoms with E-state index in [1.165, 1.54) is 0 Å². The number of guanidine groups is 1. The Morgan fingerprint density at radius 2 is 2.05 bits per heavy atom. The summed E-state index contributed by atoms with van der Waals surface area (Å²) in [6.07, 6.45) is 0. The second-order valence-corrected chi connectivity index (χ2v) is 6.03. The van der Waals surface area contributed by atoms with Crippen molar-refractivity contribution in [1.29, 1.82) is 0 Å². The van der Waals surface area contributed by atoms with E-state index < -0.39 is 0 Å². The number of benzene rings is 1. The number of hydrogen-bond donors (Lipinski definition) is 1. The molecular weight excluding hydrogens is 365 g/mol. The first-order chi connectivity index (χ1) is 10.2. The minimum absolute atomic E-state index is 0. The Hall–Kier alpha value is -0.980. The second kappa shape index (κ2) is 8.04. The molecule has 0 saturated carbocycles. The molecule has 0 atom stereocenters. The van der Waals surface area contributed by atoms with Crippen molar-refractivity contribution in [2.75, 3.05) is 18.4 Å². The average Bonchev–Trinajstić information content (AvgIpc) is 3.12. The van der Waals surface area contributed by atoms with Gasteiger partial charge in [-0.25, -0.2) is 10.1 Å². The normalized spacial score (nSPS) is 13.7. The van der Waals surface area contributed by atoms with E-state index in [4.69, 9.17) is 28.0 Å². The van der Waals surface area contributed by atoms with Crippen molar-refractivity contribution in [3.8, 4) is 0 Å². The summed E-state index contributed by atoms with van der Waals surface area (Å²) in [6.45, 7) is 1.89. The van der Waals surface area contributed by atoms with E-state index in [9.17, 15) is 0 Å². The number of thiophene rings is 1. The molecule has 4 nitrogen and oxygen atoms in total. The maximum absolute atomic E-state index is 6.15. The number of anilines is 1. The number of nitrogens with one attached hydrogen (secondary N) is 1. The molecule has 1 aliphatic heterocycles. The Kier molecular flexibility index (Phi) is 6.35. The van der Waals surface area contributed by atoms with Crippen molar-refractivity contribution >= 4 is 58.6 Å². The van der Waals surface area contributed by atoms with Gasteiger partial charge in [0.25, 0.3) is 0 Å². The van der Waals surface area contributed by atoms with Crippen molar-refractivity contribution < 1.29 is 4.84 Å². The lowest BCUT2D eigenvalue weighted by Crippen LogP contribution is -2.33. The molecule has 3 rings (SSSR count). The van der Waals surface area contributed by atoms with Gasteiger partial charge < -0.3 is 5.32 Å². The quantitative estimate of drug-likeness (QED) is 0.838. The summed E-state index contributed by atoms with van der Waals surface area (Å²) in [4.78, 5) is 10.2. The van der Waals surface area contributed by atoms with Crippen LogP contribution in [0.5, 0.6) is 0 Å². The number of hydroxylamine groups is 2. The molecule has 1 aromatic carbocycles. The zero-order chi connectivity index (χ0) is 14.7. The van der Waals surface area contributed by atoms with Gasteiger partial charge in [0.05, 0.1) is 28.8 Å². The summed E-state index contributed by atoms with van der Waals surface area (Å²) in [5.74, 6) is 0.625. The molecule has 1 N–H and O–H groups in total. The van der Waals surface area contributed by atoms with E-state index in [1.54, 1.807) is 34.6 Å². The molecule has 22 heavy (non-hydrogen) atoms. The Balaban J connectivity index is 0.00000176. The largest absolute Gasteiger partial charge is 0.322 e. The summed E-state index contributed by atoms with van der Waals surface area (Å²) in [7, 11) is 0. The molecule has 0 spiro atoms. The number of rotatable bonds is 4. The highest BCUT2D eigenvalue weighted by molar-refractivity contribution is 7.07. The van der Waals surface area contributed by atoms with Crippen molar-refractivity contribution in [2.45, 2.75) is 6.61 Å². The fourth-order valence-corrected chi connectivity index (χ4v) is 3.06. The molecule has 8 heteroatoms. The summed E-state index contributed by atoms with van der Waals surface area (Å²) in [5.41, 5.74) is 1.78. The van der Waals surface area contributed by atoms with Crippen LogP contribution in [0.1, 0.15) is 5.56 Å². The zero-order valence-electron chi connectivity index (χ0n) is 11.5. The van der Waals surface area contributed by atoms with Gasteiger partial charge in [-0.3, -0.25) is 4.84 Å². The van der Waals surface area contributed by atoms with Crippen molar-refractivity contribution in [2.24, 2.45) is 4.99 Å². The van der Waals surface area contributed by atoms with E-state index >= 15 is 0 Å². The van der Waals surface area contributed by atoms with Crippen LogP contribution in [0.4, 0.5) is 5.69 Å². The third-order valence-corrected chi connectivity index (χ3v) is 4.33. The van der Waals surface area contributed by atoms with Gasteiger partial charge in [-0.2, -0.15) is 11.3 Å².